The molecule has 0 aromatic carbocycles. The highest BCUT2D eigenvalue weighted by Crippen LogP contribution is 2.34. The second-order valence-corrected chi connectivity index (χ2v) is 5.72. The summed E-state index contributed by atoms with van der Waals surface area (Å²) in [6.45, 7) is 0.671. The fraction of sp³-hybridized carbons (Fsp3) is 0.286. The molecule has 1 amide bonds. The Kier molecular flexibility index (Phi) is 3.31. The normalized spacial score (nSPS) is 18.4. The fourth-order valence-corrected chi connectivity index (χ4v) is 3.30. The third-order valence-electron chi connectivity index (χ3n) is 3.41. The van der Waals surface area contributed by atoms with Gasteiger partial charge in [0.15, 0.2) is 0 Å². The lowest BCUT2D eigenvalue weighted by atomic mass is 10.1. The molecule has 6 heteroatoms. The number of amides is 1. The van der Waals surface area contributed by atoms with Gasteiger partial charge >= 0.3 is 5.97 Å². The molecule has 1 unspecified atom stereocenters. The van der Waals surface area contributed by atoms with Crippen LogP contribution in [-0.4, -0.2) is 28.4 Å². The highest BCUT2D eigenvalue weighted by atomic mass is 32.1. The number of rotatable bonds is 3. The molecule has 1 aliphatic rings. The summed E-state index contributed by atoms with van der Waals surface area (Å²) in [7, 11) is 0. The van der Waals surface area contributed by atoms with E-state index in [9.17, 15) is 9.59 Å². The molecule has 0 bridgehead atoms. The lowest BCUT2D eigenvalue weighted by Gasteiger charge is -2.22. The van der Waals surface area contributed by atoms with Crippen LogP contribution >= 0.6 is 11.3 Å². The molecule has 3 rings (SSSR count). The van der Waals surface area contributed by atoms with Crippen molar-refractivity contribution in [3.05, 3.63) is 46.0 Å². The summed E-state index contributed by atoms with van der Waals surface area (Å²) in [5.74, 6) is -0.342. The van der Waals surface area contributed by atoms with Crippen LogP contribution in [0.1, 0.15) is 44.0 Å². The van der Waals surface area contributed by atoms with Crippen LogP contribution in [0.25, 0.3) is 0 Å². The van der Waals surface area contributed by atoms with Gasteiger partial charge in [0, 0.05) is 6.54 Å². The molecule has 0 saturated carbocycles. The molecule has 0 spiro atoms. The van der Waals surface area contributed by atoms with Crippen LogP contribution < -0.4 is 0 Å². The molecular formula is C14H13NO4S. The van der Waals surface area contributed by atoms with Crippen molar-refractivity contribution >= 4 is 23.2 Å². The Bertz CT molecular complexity index is 631. The molecule has 104 valence electrons. The smallest absolute Gasteiger partial charge is 0.345 e. The Balaban J connectivity index is 1.83. The highest BCUT2D eigenvalue weighted by Gasteiger charge is 2.33. The first-order valence-corrected chi connectivity index (χ1v) is 7.16. The molecule has 1 atom stereocenters. The monoisotopic (exact) mass is 291 g/mol. The van der Waals surface area contributed by atoms with E-state index in [-0.39, 0.29) is 16.8 Å². The van der Waals surface area contributed by atoms with Gasteiger partial charge in [-0.05, 0) is 37.1 Å². The van der Waals surface area contributed by atoms with E-state index in [1.165, 1.54) is 6.07 Å². The molecular weight excluding hydrogens is 278 g/mol. The molecule has 20 heavy (non-hydrogen) atoms. The predicted octanol–water partition coefficient (Wildman–Crippen LogP) is 3.02. The van der Waals surface area contributed by atoms with E-state index in [0.29, 0.717) is 11.4 Å². The lowest BCUT2D eigenvalue weighted by Crippen LogP contribution is -2.29. The SMILES string of the molecule is O=C(O)c1ccc(C(=O)N2CCCC2c2ccco2)s1. The minimum atomic E-state index is -1.00. The van der Waals surface area contributed by atoms with Gasteiger partial charge in [-0.2, -0.15) is 0 Å². The van der Waals surface area contributed by atoms with Gasteiger partial charge in [-0.3, -0.25) is 4.79 Å². The van der Waals surface area contributed by atoms with Gasteiger partial charge in [-0.25, -0.2) is 4.79 Å². The van der Waals surface area contributed by atoms with Gasteiger partial charge in [0.2, 0.25) is 0 Å². The second-order valence-electron chi connectivity index (χ2n) is 4.64. The number of carboxylic acid groups (broad SMARTS) is 1. The van der Waals surface area contributed by atoms with Crippen LogP contribution in [0.3, 0.4) is 0 Å². The summed E-state index contributed by atoms with van der Waals surface area (Å²) in [5.41, 5.74) is 0. The van der Waals surface area contributed by atoms with Gasteiger partial charge in [0.05, 0.1) is 17.2 Å². The quantitative estimate of drug-likeness (QED) is 0.943. The summed E-state index contributed by atoms with van der Waals surface area (Å²) in [5, 5.41) is 8.92. The number of likely N-dealkylation sites (tertiary alicyclic amines) is 1. The number of carboxylic acids is 1. The third-order valence-corrected chi connectivity index (χ3v) is 4.47. The van der Waals surface area contributed by atoms with Crippen LogP contribution in [0, 0.1) is 0 Å². The molecule has 0 aliphatic carbocycles. The van der Waals surface area contributed by atoms with Crippen LogP contribution in [0.5, 0.6) is 0 Å². The topological polar surface area (TPSA) is 70.8 Å². The standard InChI is InChI=1S/C14H13NO4S/c16-13(11-5-6-12(20-11)14(17)18)15-7-1-3-9(15)10-4-2-8-19-10/h2,4-6,8-9H,1,3,7H2,(H,17,18). The summed E-state index contributed by atoms with van der Waals surface area (Å²) in [6.07, 6.45) is 3.40. The Morgan fingerprint density at radius 1 is 1.30 bits per heavy atom. The molecule has 1 fully saturated rings. The number of furan rings is 1. The number of carbonyl (C=O) groups is 2. The molecule has 1 N–H and O–H groups in total. The largest absolute Gasteiger partial charge is 0.477 e. The van der Waals surface area contributed by atoms with Crippen molar-refractivity contribution in [1.82, 2.24) is 4.90 Å². The molecule has 1 saturated heterocycles. The van der Waals surface area contributed by atoms with Crippen LogP contribution in [0.2, 0.25) is 0 Å². The van der Waals surface area contributed by atoms with Crippen molar-refractivity contribution in [3.63, 3.8) is 0 Å². The summed E-state index contributed by atoms with van der Waals surface area (Å²) < 4.78 is 5.39. The van der Waals surface area contributed by atoms with Crippen molar-refractivity contribution in [2.45, 2.75) is 18.9 Å². The number of thiophene rings is 1. The van der Waals surface area contributed by atoms with E-state index >= 15 is 0 Å². The van der Waals surface area contributed by atoms with Crippen molar-refractivity contribution in [2.24, 2.45) is 0 Å². The molecule has 3 heterocycles. The highest BCUT2D eigenvalue weighted by molar-refractivity contribution is 7.15. The maximum atomic E-state index is 12.5. The lowest BCUT2D eigenvalue weighted by molar-refractivity contribution is 0.0700. The minimum absolute atomic E-state index is 0.0483. The number of carbonyl (C=O) groups excluding carboxylic acids is 1. The van der Waals surface area contributed by atoms with Gasteiger partial charge < -0.3 is 14.4 Å². The van der Waals surface area contributed by atoms with Crippen molar-refractivity contribution in [3.8, 4) is 0 Å². The first-order valence-electron chi connectivity index (χ1n) is 6.34. The Morgan fingerprint density at radius 3 is 2.75 bits per heavy atom. The Hall–Kier alpha value is -2.08. The maximum absolute atomic E-state index is 12.5. The van der Waals surface area contributed by atoms with E-state index < -0.39 is 5.97 Å². The number of nitrogens with zero attached hydrogens (tertiary/aromatic N) is 1. The van der Waals surface area contributed by atoms with Crippen LogP contribution in [-0.2, 0) is 0 Å². The zero-order valence-corrected chi connectivity index (χ0v) is 11.4. The number of hydrogen-bond acceptors (Lipinski definition) is 4. The summed E-state index contributed by atoms with van der Waals surface area (Å²) >= 11 is 1.01. The average Bonchev–Trinajstić information content (AvgIpc) is 3.17. The van der Waals surface area contributed by atoms with Crippen molar-refractivity contribution in [2.75, 3.05) is 6.54 Å². The van der Waals surface area contributed by atoms with Gasteiger partial charge in [0.25, 0.3) is 5.91 Å². The van der Waals surface area contributed by atoms with Gasteiger partial charge in [-0.1, -0.05) is 0 Å². The van der Waals surface area contributed by atoms with E-state index in [0.717, 1.165) is 29.9 Å². The first kappa shape index (κ1) is 12.9. The zero-order valence-electron chi connectivity index (χ0n) is 10.6. The molecule has 5 nitrogen and oxygen atoms in total. The predicted molar refractivity (Wildman–Crippen MR) is 73.0 cm³/mol. The molecule has 2 aromatic rings. The summed E-state index contributed by atoms with van der Waals surface area (Å²) in [4.78, 5) is 25.8. The van der Waals surface area contributed by atoms with E-state index in [4.69, 9.17) is 9.52 Å². The fourth-order valence-electron chi connectivity index (χ4n) is 2.50. The van der Waals surface area contributed by atoms with Crippen LogP contribution in [0.4, 0.5) is 0 Å². The summed E-state index contributed by atoms with van der Waals surface area (Å²) in [6, 6.07) is 6.68. The number of aromatic carboxylic acids is 1. The third kappa shape index (κ3) is 2.22. The minimum Gasteiger partial charge on any atom is -0.477 e. The zero-order chi connectivity index (χ0) is 14.1. The van der Waals surface area contributed by atoms with Gasteiger partial charge in [-0.15, -0.1) is 11.3 Å². The van der Waals surface area contributed by atoms with Gasteiger partial charge in [0.1, 0.15) is 10.6 Å². The Morgan fingerprint density at radius 2 is 2.10 bits per heavy atom. The van der Waals surface area contributed by atoms with E-state index in [2.05, 4.69) is 0 Å². The first-order chi connectivity index (χ1) is 9.66. The molecule has 0 radical (unpaired) electrons. The van der Waals surface area contributed by atoms with E-state index in [1.54, 1.807) is 17.2 Å². The van der Waals surface area contributed by atoms with E-state index in [1.807, 2.05) is 12.1 Å². The average molecular weight is 291 g/mol. The maximum Gasteiger partial charge on any atom is 0.345 e. The molecule has 2 aromatic heterocycles. The van der Waals surface area contributed by atoms with Crippen molar-refractivity contribution < 1.29 is 19.1 Å². The molecule has 1 aliphatic heterocycles. The number of hydrogen-bond donors (Lipinski definition) is 1. The second kappa shape index (κ2) is 5.13. The van der Waals surface area contributed by atoms with Crippen LogP contribution in [0.15, 0.2) is 34.9 Å². The Labute approximate surface area is 119 Å². The van der Waals surface area contributed by atoms with Crippen molar-refractivity contribution in [1.29, 1.82) is 0 Å².